The van der Waals surface area contributed by atoms with Crippen molar-refractivity contribution in [3.8, 4) is 0 Å². The second-order valence-electron chi connectivity index (χ2n) is 7.48. The first-order valence-corrected chi connectivity index (χ1v) is 8.94. The third-order valence-corrected chi connectivity index (χ3v) is 4.92. The van der Waals surface area contributed by atoms with E-state index in [0.29, 0.717) is 12.0 Å². The van der Waals surface area contributed by atoms with E-state index in [4.69, 9.17) is 5.73 Å². The van der Waals surface area contributed by atoms with Gasteiger partial charge in [0.1, 0.15) is 0 Å². The number of hydrogen-bond acceptors (Lipinski definition) is 1. The summed E-state index contributed by atoms with van der Waals surface area (Å²) in [5.74, 6) is 0. The lowest BCUT2D eigenvalue weighted by Crippen LogP contribution is -2.19. The van der Waals surface area contributed by atoms with Crippen LogP contribution in [0, 0.1) is 5.41 Å². The predicted octanol–water partition coefficient (Wildman–Crippen LogP) is 6.19. The molecule has 1 aliphatic rings. The standard InChI is InChI=1S/C23H31N/c1-18(7-5-9-20-11-13-21(17-24)14-12-20)10-15-22-19(2)8-6-16-23(22,3)4/h5,7,9-15H,6,8,16-17,24H2,1-4H3/b9-5+,15-10+,18-7+. The van der Waals surface area contributed by atoms with E-state index >= 15 is 0 Å². The molecule has 0 heterocycles. The van der Waals surface area contributed by atoms with Gasteiger partial charge in [-0.15, -0.1) is 0 Å². The van der Waals surface area contributed by atoms with E-state index in [1.54, 1.807) is 5.57 Å². The molecule has 2 N–H and O–H groups in total. The molecule has 1 aliphatic carbocycles. The minimum absolute atomic E-state index is 0.305. The molecule has 1 aromatic rings. The summed E-state index contributed by atoms with van der Waals surface area (Å²) in [4.78, 5) is 0. The predicted molar refractivity (Wildman–Crippen MR) is 107 cm³/mol. The lowest BCUT2D eigenvalue weighted by Gasteiger charge is -2.32. The zero-order valence-corrected chi connectivity index (χ0v) is 15.6. The first kappa shape index (κ1) is 18.5. The Bertz CT molecular complexity index is 666. The lowest BCUT2D eigenvalue weighted by atomic mass is 9.72. The Balaban J connectivity index is 2.04. The van der Waals surface area contributed by atoms with Gasteiger partial charge in [0, 0.05) is 6.54 Å². The van der Waals surface area contributed by atoms with Gasteiger partial charge in [0.15, 0.2) is 0 Å². The lowest BCUT2D eigenvalue weighted by molar-refractivity contribution is 0.377. The van der Waals surface area contributed by atoms with Crippen molar-refractivity contribution in [3.63, 3.8) is 0 Å². The van der Waals surface area contributed by atoms with Crippen LogP contribution >= 0.6 is 0 Å². The molecule has 24 heavy (non-hydrogen) atoms. The van der Waals surface area contributed by atoms with Crippen LogP contribution in [0.3, 0.4) is 0 Å². The van der Waals surface area contributed by atoms with Gasteiger partial charge < -0.3 is 5.73 Å². The maximum absolute atomic E-state index is 5.62. The number of nitrogens with two attached hydrogens (primary N) is 1. The van der Waals surface area contributed by atoms with E-state index in [1.165, 1.54) is 41.5 Å². The fraction of sp³-hybridized carbons (Fsp3) is 0.391. The van der Waals surface area contributed by atoms with Crippen molar-refractivity contribution in [2.45, 2.75) is 53.5 Å². The van der Waals surface area contributed by atoms with Gasteiger partial charge >= 0.3 is 0 Å². The Kier molecular flexibility index (Phi) is 6.39. The summed E-state index contributed by atoms with van der Waals surface area (Å²) in [7, 11) is 0. The van der Waals surface area contributed by atoms with Crippen LogP contribution in [0.1, 0.15) is 58.1 Å². The van der Waals surface area contributed by atoms with Crippen LogP contribution in [0.25, 0.3) is 6.08 Å². The highest BCUT2D eigenvalue weighted by atomic mass is 14.5. The zero-order chi connectivity index (χ0) is 17.6. The minimum Gasteiger partial charge on any atom is -0.326 e. The van der Waals surface area contributed by atoms with E-state index in [1.807, 2.05) is 0 Å². The summed E-state index contributed by atoms with van der Waals surface area (Å²) in [5.41, 5.74) is 12.6. The fourth-order valence-corrected chi connectivity index (χ4v) is 3.36. The molecular weight excluding hydrogens is 290 g/mol. The molecule has 0 radical (unpaired) electrons. The topological polar surface area (TPSA) is 26.0 Å². The van der Waals surface area contributed by atoms with Crippen LogP contribution < -0.4 is 5.73 Å². The summed E-state index contributed by atoms with van der Waals surface area (Å²) in [6.07, 6.45) is 14.8. The van der Waals surface area contributed by atoms with Crippen molar-refractivity contribution in [3.05, 3.63) is 76.4 Å². The molecule has 1 aromatic carbocycles. The Labute approximate surface area is 147 Å². The number of rotatable bonds is 5. The number of benzene rings is 1. The Morgan fingerprint density at radius 2 is 1.88 bits per heavy atom. The highest BCUT2D eigenvalue weighted by Gasteiger charge is 2.26. The van der Waals surface area contributed by atoms with E-state index in [0.717, 1.165) is 0 Å². The van der Waals surface area contributed by atoms with Crippen LogP contribution in [0.4, 0.5) is 0 Å². The summed E-state index contributed by atoms with van der Waals surface area (Å²) >= 11 is 0. The molecule has 0 atom stereocenters. The molecule has 0 bridgehead atoms. The Hall–Kier alpha value is -1.86. The second kappa shape index (κ2) is 8.30. The second-order valence-corrected chi connectivity index (χ2v) is 7.48. The third kappa shape index (κ3) is 5.07. The van der Waals surface area contributed by atoms with Crippen molar-refractivity contribution < 1.29 is 0 Å². The van der Waals surface area contributed by atoms with Crippen LogP contribution in [0.2, 0.25) is 0 Å². The monoisotopic (exact) mass is 321 g/mol. The molecule has 0 aromatic heterocycles. The molecule has 0 saturated heterocycles. The Morgan fingerprint density at radius 1 is 1.17 bits per heavy atom. The summed E-state index contributed by atoms with van der Waals surface area (Å²) in [6, 6.07) is 8.37. The van der Waals surface area contributed by atoms with E-state index in [9.17, 15) is 0 Å². The minimum atomic E-state index is 0.305. The van der Waals surface area contributed by atoms with Gasteiger partial charge in [0.2, 0.25) is 0 Å². The molecule has 0 saturated carbocycles. The summed E-state index contributed by atoms with van der Waals surface area (Å²) < 4.78 is 0. The largest absolute Gasteiger partial charge is 0.326 e. The quantitative estimate of drug-likeness (QED) is 0.643. The molecule has 0 aliphatic heterocycles. The molecule has 0 amide bonds. The van der Waals surface area contributed by atoms with Crippen LogP contribution in [-0.2, 0) is 6.54 Å². The van der Waals surface area contributed by atoms with Crippen LogP contribution in [-0.4, -0.2) is 0 Å². The average Bonchev–Trinajstić information content (AvgIpc) is 2.54. The van der Waals surface area contributed by atoms with Gasteiger partial charge in [-0.3, -0.25) is 0 Å². The normalized spacial score (nSPS) is 18.8. The number of hydrogen-bond donors (Lipinski definition) is 1. The number of allylic oxidation sites excluding steroid dienone is 7. The van der Waals surface area contributed by atoms with Gasteiger partial charge in [-0.05, 0) is 55.2 Å². The molecule has 2 rings (SSSR count). The summed E-state index contributed by atoms with van der Waals surface area (Å²) in [6.45, 7) is 9.76. The third-order valence-electron chi connectivity index (χ3n) is 4.92. The van der Waals surface area contributed by atoms with Crippen LogP contribution in [0.5, 0.6) is 0 Å². The van der Waals surface area contributed by atoms with E-state index < -0.39 is 0 Å². The van der Waals surface area contributed by atoms with Crippen molar-refractivity contribution >= 4 is 6.08 Å². The highest BCUT2D eigenvalue weighted by molar-refractivity contribution is 5.52. The van der Waals surface area contributed by atoms with Gasteiger partial charge in [-0.25, -0.2) is 0 Å². The van der Waals surface area contributed by atoms with Gasteiger partial charge in [0.25, 0.3) is 0 Å². The van der Waals surface area contributed by atoms with Crippen molar-refractivity contribution in [2.24, 2.45) is 11.1 Å². The van der Waals surface area contributed by atoms with E-state index in [2.05, 4.69) is 82.3 Å². The van der Waals surface area contributed by atoms with Crippen LogP contribution in [0.15, 0.2) is 65.3 Å². The SMILES string of the molecule is CC1=C(/C=C/C(C)=C/C=C/c2ccc(CN)cc2)C(C)(C)CCC1. The molecular formula is C23H31N. The van der Waals surface area contributed by atoms with Gasteiger partial charge in [-0.1, -0.05) is 79.6 Å². The molecule has 0 spiro atoms. The maximum atomic E-state index is 5.62. The fourth-order valence-electron chi connectivity index (χ4n) is 3.36. The molecule has 1 nitrogen and oxygen atoms in total. The molecule has 128 valence electrons. The molecule has 0 unspecified atom stereocenters. The van der Waals surface area contributed by atoms with Gasteiger partial charge in [0.05, 0.1) is 0 Å². The molecule has 1 heteroatoms. The van der Waals surface area contributed by atoms with Gasteiger partial charge in [-0.2, -0.15) is 0 Å². The average molecular weight is 322 g/mol. The first-order chi connectivity index (χ1) is 11.4. The zero-order valence-electron chi connectivity index (χ0n) is 15.6. The van der Waals surface area contributed by atoms with Crippen molar-refractivity contribution in [1.29, 1.82) is 0 Å². The van der Waals surface area contributed by atoms with E-state index in [-0.39, 0.29) is 0 Å². The van der Waals surface area contributed by atoms with Crippen molar-refractivity contribution in [1.82, 2.24) is 0 Å². The molecule has 0 fully saturated rings. The highest BCUT2D eigenvalue weighted by Crippen LogP contribution is 2.40. The Morgan fingerprint density at radius 3 is 2.50 bits per heavy atom. The smallest absolute Gasteiger partial charge is 0.0178 e. The summed E-state index contributed by atoms with van der Waals surface area (Å²) in [5, 5.41) is 0. The van der Waals surface area contributed by atoms with Crippen molar-refractivity contribution in [2.75, 3.05) is 0 Å². The first-order valence-electron chi connectivity index (χ1n) is 8.94. The maximum Gasteiger partial charge on any atom is 0.0178 e.